The Morgan fingerprint density at radius 1 is 0.410 bits per heavy atom. The van der Waals surface area contributed by atoms with E-state index in [1.54, 1.807) is 0 Å². The molecule has 0 aliphatic rings. The van der Waals surface area contributed by atoms with E-state index in [1.165, 1.54) is 49.3 Å². The molecule has 0 radical (unpaired) electrons. The summed E-state index contributed by atoms with van der Waals surface area (Å²) in [6, 6.07) is 46.4. The molecule has 0 unspecified atom stereocenters. The molecule has 6 aromatic carbocycles. The second kappa shape index (κ2) is 9.11. The van der Waals surface area contributed by atoms with Crippen LogP contribution in [0.5, 0.6) is 0 Å². The smallest absolute Gasteiger partial charge is 0.135 e. The van der Waals surface area contributed by atoms with Crippen LogP contribution in [0.1, 0.15) is 0 Å². The van der Waals surface area contributed by atoms with E-state index in [9.17, 15) is 0 Å². The standard InChI is InChI=1S/C37H30OSi/c1-39(2,3)33-19-16-27(17-20-33)30-15-13-28-12-14-29(22-32(28)23-30)25-8-10-26(11-9-25)31-18-21-37-35(24-31)34-6-4-5-7-36(34)38-37/h4-24H,1-3H3. The van der Waals surface area contributed by atoms with Gasteiger partial charge in [-0.15, -0.1) is 0 Å². The summed E-state index contributed by atoms with van der Waals surface area (Å²) < 4.78 is 6.01. The van der Waals surface area contributed by atoms with E-state index in [0.717, 1.165) is 21.9 Å². The van der Waals surface area contributed by atoms with Crippen molar-refractivity contribution in [1.29, 1.82) is 0 Å². The minimum Gasteiger partial charge on any atom is -0.456 e. The number of furan rings is 1. The van der Waals surface area contributed by atoms with Gasteiger partial charge < -0.3 is 4.42 Å². The fourth-order valence-electron chi connectivity index (χ4n) is 5.53. The molecule has 1 heterocycles. The first-order chi connectivity index (χ1) is 18.9. The van der Waals surface area contributed by atoms with Crippen molar-refractivity contribution in [1.82, 2.24) is 0 Å². The molecule has 188 valence electrons. The van der Waals surface area contributed by atoms with Crippen LogP contribution in [0.3, 0.4) is 0 Å². The summed E-state index contributed by atoms with van der Waals surface area (Å²) in [6.45, 7) is 7.18. The van der Waals surface area contributed by atoms with Crippen molar-refractivity contribution in [2.75, 3.05) is 0 Å². The van der Waals surface area contributed by atoms with Gasteiger partial charge >= 0.3 is 0 Å². The lowest BCUT2D eigenvalue weighted by atomic mass is 9.96. The number of para-hydroxylation sites is 1. The van der Waals surface area contributed by atoms with Gasteiger partial charge in [0.25, 0.3) is 0 Å². The molecule has 0 bridgehead atoms. The second-order valence-electron chi connectivity index (χ2n) is 11.5. The molecule has 7 aromatic rings. The molecule has 1 aromatic heterocycles. The highest BCUT2D eigenvalue weighted by atomic mass is 28.3. The zero-order valence-corrected chi connectivity index (χ0v) is 23.5. The van der Waals surface area contributed by atoms with Crippen molar-refractivity contribution in [3.63, 3.8) is 0 Å². The summed E-state index contributed by atoms with van der Waals surface area (Å²) in [7, 11) is -1.30. The molecule has 0 saturated heterocycles. The Morgan fingerprint density at radius 3 is 1.51 bits per heavy atom. The van der Waals surface area contributed by atoms with Gasteiger partial charge in [-0.25, -0.2) is 0 Å². The van der Waals surface area contributed by atoms with Crippen LogP contribution in [0.15, 0.2) is 132 Å². The van der Waals surface area contributed by atoms with Crippen LogP contribution in [0.25, 0.3) is 66.1 Å². The van der Waals surface area contributed by atoms with Crippen molar-refractivity contribution in [2.45, 2.75) is 19.6 Å². The van der Waals surface area contributed by atoms with Gasteiger partial charge in [-0.2, -0.15) is 0 Å². The van der Waals surface area contributed by atoms with Gasteiger partial charge in [0.1, 0.15) is 11.2 Å². The maximum atomic E-state index is 6.01. The van der Waals surface area contributed by atoms with Gasteiger partial charge in [-0.1, -0.05) is 122 Å². The Labute approximate surface area is 230 Å². The molecule has 7 rings (SSSR count). The Balaban J connectivity index is 1.20. The molecular formula is C37H30OSi. The van der Waals surface area contributed by atoms with E-state index in [2.05, 4.69) is 135 Å². The van der Waals surface area contributed by atoms with Crippen LogP contribution >= 0.6 is 0 Å². The summed E-state index contributed by atoms with van der Waals surface area (Å²) in [5.74, 6) is 0. The summed E-state index contributed by atoms with van der Waals surface area (Å²) >= 11 is 0. The monoisotopic (exact) mass is 518 g/mol. The largest absolute Gasteiger partial charge is 0.456 e. The first-order valence-corrected chi connectivity index (χ1v) is 17.1. The minimum atomic E-state index is -1.30. The first-order valence-electron chi connectivity index (χ1n) is 13.6. The van der Waals surface area contributed by atoms with E-state index < -0.39 is 8.07 Å². The van der Waals surface area contributed by atoms with Crippen LogP contribution in [-0.2, 0) is 0 Å². The predicted octanol–water partition coefficient (Wildman–Crippen LogP) is 10.3. The lowest BCUT2D eigenvalue weighted by Gasteiger charge is -2.17. The van der Waals surface area contributed by atoms with Crippen LogP contribution in [-0.4, -0.2) is 8.07 Å². The molecule has 0 aliphatic carbocycles. The van der Waals surface area contributed by atoms with E-state index in [1.807, 2.05) is 12.1 Å². The van der Waals surface area contributed by atoms with Crippen LogP contribution < -0.4 is 5.19 Å². The third kappa shape index (κ3) is 4.37. The van der Waals surface area contributed by atoms with Crippen molar-refractivity contribution in [2.24, 2.45) is 0 Å². The molecule has 1 nitrogen and oxygen atoms in total. The fraction of sp³-hybridized carbons (Fsp3) is 0.0811. The molecule has 39 heavy (non-hydrogen) atoms. The quantitative estimate of drug-likeness (QED) is 0.211. The van der Waals surface area contributed by atoms with E-state index >= 15 is 0 Å². The number of hydrogen-bond donors (Lipinski definition) is 0. The van der Waals surface area contributed by atoms with Crippen molar-refractivity contribution in [3.8, 4) is 33.4 Å². The normalized spacial score (nSPS) is 12.0. The highest BCUT2D eigenvalue weighted by molar-refractivity contribution is 6.88. The van der Waals surface area contributed by atoms with E-state index in [4.69, 9.17) is 4.42 Å². The van der Waals surface area contributed by atoms with Crippen molar-refractivity contribution >= 4 is 46.0 Å². The first kappa shape index (κ1) is 23.7. The fourth-order valence-corrected chi connectivity index (χ4v) is 6.70. The van der Waals surface area contributed by atoms with Gasteiger partial charge in [-0.3, -0.25) is 0 Å². The summed E-state index contributed by atoms with van der Waals surface area (Å²) in [6.07, 6.45) is 0. The third-order valence-electron chi connectivity index (χ3n) is 7.85. The third-order valence-corrected chi connectivity index (χ3v) is 9.92. The SMILES string of the molecule is C[Si](C)(C)c1ccc(-c2ccc3ccc(-c4ccc(-c5ccc6oc7ccccc7c6c5)cc4)cc3c2)cc1. The number of rotatable bonds is 4. The molecule has 0 N–H and O–H groups in total. The van der Waals surface area contributed by atoms with Gasteiger partial charge in [0.05, 0.1) is 8.07 Å². The summed E-state index contributed by atoms with van der Waals surface area (Å²) in [5, 5.41) is 6.34. The van der Waals surface area contributed by atoms with Gasteiger partial charge in [0, 0.05) is 10.8 Å². The number of hydrogen-bond acceptors (Lipinski definition) is 1. The highest BCUT2D eigenvalue weighted by Crippen LogP contribution is 2.34. The van der Waals surface area contributed by atoms with Crippen molar-refractivity contribution < 1.29 is 4.42 Å². The maximum Gasteiger partial charge on any atom is 0.135 e. The highest BCUT2D eigenvalue weighted by Gasteiger charge is 2.16. The lowest BCUT2D eigenvalue weighted by Crippen LogP contribution is -2.37. The lowest BCUT2D eigenvalue weighted by molar-refractivity contribution is 0.669. The molecule has 0 amide bonds. The summed E-state index contributed by atoms with van der Waals surface area (Å²) in [4.78, 5) is 0. The second-order valence-corrected chi connectivity index (χ2v) is 16.6. The number of benzene rings is 6. The van der Waals surface area contributed by atoms with Gasteiger partial charge in [0.2, 0.25) is 0 Å². The molecule has 0 aliphatic heterocycles. The summed E-state index contributed by atoms with van der Waals surface area (Å²) in [5.41, 5.74) is 9.26. The van der Waals surface area contributed by atoms with E-state index in [-0.39, 0.29) is 0 Å². The molecule has 2 heteroatoms. The van der Waals surface area contributed by atoms with Crippen LogP contribution in [0, 0.1) is 0 Å². The van der Waals surface area contributed by atoms with E-state index in [0.29, 0.717) is 0 Å². The zero-order valence-electron chi connectivity index (χ0n) is 22.5. The predicted molar refractivity (Wildman–Crippen MR) is 171 cm³/mol. The molecule has 0 atom stereocenters. The average molecular weight is 519 g/mol. The maximum absolute atomic E-state index is 6.01. The van der Waals surface area contributed by atoms with Crippen LogP contribution in [0.4, 0.5) is 0 Å². The van der Waals surface area contributed by atoms with Crippen LogP contribution in [0.2, 0.25) is 19.6 Å². The van der Waals surface area contributed by atoms with Gasteiger partial charge in [0.15, 0.2) is 0 Å². The van der Waals surface area contributed by atoms with Crippen molar-refractivity contribution in [3.05, 3.63) is 127 Å². The Hall–Kier alpha value is -4.40. The Morgan fingerprint density at radius 2 is 0.897 bits per heavy atom. The average Bonchev–Trinajstić information content (AvgIpc) is 3.34. The van der Waals surface area contributed by atoms with Gasteiger partial charge in [-0.05, 0) is 74.5 Å². The molecule has 0 spiro atoms. The topological polar surface area (TPSA) is 13.1 Å². The molecular weight excluding hydrogens is 488 g/mol. The zero-order chi connectivity index (χ0) is 26.6. The minimum absolute atomic E-state index is 0.930. The number of fused-ring (bicyclic) bond motifs is 4. The Kier molecular flexibility index (Phi) is 5.54. The molecule has 0 saturated carbocycles. The molecule has 0 fully saturated rings. The Bertz CT molecular complexity index is 1970.